The van der Waals surface area contributed by atoms with Crippen molar-refractivity contribution in [1.29, 1.82) is 0 Å². The first kappa shape index (κ1) is 16.7. The highest BCUT2D eigenvalue weighted by atomic mass is 32.2. The molecule has 0 aliphatic carbocycles. The minimum absolute atomic E-state index is 0.105. The molecule has 0 unspecified atom stereocenters. The fourth-order valence-corrected chi connectivity index (χ4v) is 4.44. The standard InChI is InChI=1S/C14H23N3O2S2/c1-2-15-9-13-3-4-14(16-10-13)21(18,19)17-11-12-5-7-20-8-6-12/h3-4,10,12,15,17H,2,5-9,11H2,1H3. The maximum Gasteiger partial charge on any atom is 0.258 e. The van der Waals surface area contributed by atoms with Gasteiger partial charge in [-0.05, 0) is 48.4 Å². The Balaban J connectivity index is 1.91. The van der Waals surface area contributed by atoms with Gasteiger partial charge in [-0.3, -0.25) is 0 Å². The van der Waals surface area contributed by atoms with Crippen molar-refractivity contribution in [3.63, 3.8) is 0 Å². The third kappa shape index (κ3) is 5.25. The molecule has 0 amide bonds. The fraction of sp³-hybridized carbons (Fsp3) is 0.643. The molecule has 2 heterocycles. The topological polar surface area (TPSA) is 71.1 Å². The Kier molecular flexibility index (Phi) is 6.47. The molecule has 2 N–H and O–H groups in total. The minimum Gasteiger partial charge on any atom is -0.313 e. The summed E-state index contributed by atoms with van der Waals surface area (Å²) in [5.41, 5.74) is 0.986. The highest BCUT2D eigenvalue weighted by Gasteiger charge is 2.19. The van der Waals surface area contributed by atoms with Crippen LogP contribution in [-0.4, -0.2) is 38.0 Å². The summed E-state index contributed by atoms with van der Waals surface area (Å²) in [7, 11) is -3.49. The van der Waals surface area contributed by atoms with Gasteiger partial charge in [-0.1, -0.05) is 13.0 Å². The molecule has 7 heteroatoms. The van der Waals surface area contributed by atoms with Crippen LogP contribution < -0.4 is 10.0 Å². The monoisotopic (exact) mass is 329 g/mol. The van der Waals surface area contributed by atoms with Crippen LogP contribution in [0.15, 0.2) is 23.4 Å². The quantitative estimate of drug-likeness (QED) is 0.795. The van der Waals surface area contributed by atoms with Crippen LogP contribution in [0.5, 0.6) is 0 Å². The molecule has 1 aliphatic heterocycles. The van der Waals surface area contributed by atoms with Crippen molar-refractivity contribution in [2.45, 2.75) is 31.3 Å². The van der Waals surface area contributed by atoms with Crippen LogP contribution >= 0.6 is 11.8 Å². The molecule has 0 saturated carbocycles. The second kappa shape index (κ2) is 8.12. The fourth-order valence-electron chi connectivity index (χ4n) is 2.20. The molecule has 1 aromatic heterocycles. The molecule has 0 radical (unpaired) electrons. The number of hydrogen-bond acceptors (Lipinski definition) is 5. The molecule has 1 aliphatic rings. The Labute approximate surface area is 131 Å². The number of nitrogens with zero attached hydrogens (tertiary/aromatic N) is 1. The maximum absolute atomic E-state index is 12.2. The van der Waals surface area contributed by atoms with Gasteiger partial charge in [-0.15, -0.1) is 0 Å². The van der Waals surface area contributed by atoms with E-state index < -0.39 is 10.0 Å². The average molecular weight is 329 g/mol. The van der Waals surface area contributed by atoms with Crippen LogP contribution in [0.3, 0.4) is 0 Å². The maximum atomic E-state index is 12.2. The molecule has 1 aromatic rings. The van der Waals surface area contributed by atoms with E-state index >= 15 is 0 Å². The third-order valence-electron chi connectivity index (χ3n) is 3.55. The van der Waals surface area contributed by atoms with Gasteiger partial charge in [-0.25, -0.2) is 18.1 Å². The number of sulfonamides is 1. The Morgan fingerprint density at radius 2 is 2.10 bits per heavy atom. The molecule has 1 saturated heterocycles. The van der Waals surface area contributed by atoms with Crippen molar-refractivity contribution in [3.8, 4) is 0 Å². The van der Waals surface area contributed by atoms with Gasteiger partial charge in [0.05, 0.1) is 0 Å². The van der Waals surface area contributed by atoms with Crippen molar-refractivity contribution in [3.05, 3.63) is 23.9 Å². The van der Waals surface area contributed by atoms with E-state index in [9.17, 15) is 8.42 Å². The molecule has 118 valence electrons. The number of hydrogen-bond donors (Lipinski definition) is 2. The van der Waals surface area contributed by atoms with E-state index in [1.807, 2.05) is 24.8 Å². The summed E-state index contributed by atoms with van der Waals surface area (Å²) in [6.07, 6.45) is 3.79. The zero-order chi connectivity index (χ0) is 15.1. The molecule has 5 nitrogen and oxygen atoms in total. The summed E-state index contributed by atoms with van der Waals surface area (Å²) in [5, 5.41) is 3.29. The molecule has 0 aromatic carbocycles. The lowest BCUT2D eigenvalue weighted by Crippen LogP contribution is -2.31. The first-order valence-corrected chi connectivity index (χ1v) is 9.98. The van der Waals surface area contributed by atoms with Crippen molar-refractivity contribution in [2.24, 2.45) is 5.92 Å². The minimum atomic E-state index is -3.49. The first-order chi connectivity index (χ1) is 10.1. The van der Waals surface area contributed by atoms with Crippen LogP contribution in [0.2, 0.25) is 0 Å². The number of thioether (sulfide) groups is 1. The van der Waals surface area contributed by atoms with Gasteiger partial charge in [0.2, 0.25) is 0 Å². The summed E-state index contributed by atoms with van der Waals surface area (Å²) in [5.74, 6) is 2.71. The summed E-state index contributed by atoms with van der Waals surface area (Å²) in [4.78, 5) is 4.07. The van der Waals surface area contributed by atoms with Crippen LogP contribution in [0, 0.1) is 5.92 Å². The lowest BCUT2D eigenvalue weighted by molar-refractivity contribution is 0.476. The average Bonchev–Trinajstić information content (AvgIpc) is 2.52. The molecule has 0 spiro atoms. The van der Waals surface area contributed by atoms with Gasteiger partial charge in [0.15, 0.2) is 5.03 Å². The molecule has 1 fully saturated rings. The Bertz CT molecular complexity index is 526. The third-order valence-corrected chi connectivity index (χ3v) is 5.94. The van der Waals surface area contributed by atoms with Gasteiger partial charge in [0.25, 0.3) is 10.0 Å². The van der Waals surface area contributed by atoms with E-state index in [1.54, 1.807) is 12.3 Å². The molecule has 0 bridgehead atoms. The number of rotatable bonds is 7. The number of aromatic nitrogens is 1. The second-order valence-corrected chi connectivity index (χ2v) is 8.13. The normalized spacial score (nSPS) is 17.0. The van der Waals surface area contributed by atoms with Gasteiger partial charge >= 0.3 is 0 Å². The first-order valence-electron chi connectivity index (χ1n) is 7.35. The van der Waals surface area contributed by atoms with Gasteiger partial charge in [0, 0.05) is 19.3 Å². The Morgan fingerprint density at radius 3 is 2.71 bits per heavy atom. The highest BCUT2D eigenvalue weighted by Crippen LogP contribution is 2.22. The highest BCUT2D eigenvalue weighted by molar-refractivity contribution is 7.99. The van der Waals surface area contributed by atoms with Crippen molar-refractivity contribution in [2.75, 3.05) is 24.6 Å². The predicted octanol–water partition coefficient (Wildman–Crippen LogP) is 1.61. The summed E-state index contributed by atoms with van der Waals surface area (Å²) >= 11 is 1.94. The van der Waals surface area contributed by atoms with Crippen LogP contribution in [0.1, 0.15) is 25.3 Å². The van der Waals surface area contributed by atoms with Gasteiger partial charge in [0.1, 0.15) is 0 Å². The largest absolute Gasteiger partial charge is 0.313 e. The lowest BCUT2D eigenvalue weighted by Gasteiger charge is -2.21. The van der Waals surface area contributed by atoms with E-state index in [0.717, 1.165) is 36.5 Å². The van der Waals surface area contributed by atoms with E-state index in [1.165, 1.54) is 0 Å². The molecular formula is C14H23N3O2S2. The van der Waals surface area contributed by atoms with Crippen LogP contribution in [-0.2, 0) is 16.6 Å². The molecule has 2 rings (SSSR count). The molecule has 21 heavy (non-hydrogen) atoms. The zero-order valence-corrected chi connectivity index (χ0v) is 14.0. The van der Waals surface area contributed by atoms with Gasteiger partial charge in [-0.2, -0.15) is 11.8 Å². The van der Waals surface area contributed by atoms with Crippen molar-refractivity contribution in [1.82, 2.24) is 15.0 Å². The van der Waals surface area contributed by atoms with Crippen LogP contribution in [0.25, 0.3) is 0 Å². The summed E-state index contributed by atoms with van der Waals surface area (Å²) < 4.78 is 27.1. The summed E-state index contributed by atoms with van der Waals surface area (Å²) in [6.45, 7) is 4.13. The zero-order valence-electron chi connectivity index (χ0n) is 12.3. The van der Waals surface area contributed by atoms with Crippen molar-refractivity contribution >= 4 is 21.8 Å². The lowest BCUT2D eigenvalue weighted by atomic mass is 10.0. The van der Waals surface area contributed by atoms with Crippen LogP contribution in [0.4, 0.5) is 0 Å². The van der Waals surface area contributed by atoms with E-state index in [0.29, 0.717) is 19.0 Å². The van der Waals surface area contributed by atoms with E-state index in [-0.39, 0.29) is 5.03 Å². The Hall–Kier alpha value is -0.630. The number of pyridine rings is 1. The summed E-state index contributed by atoms with van der Waals surface area (Å²) in [6, 6.07) is 3.38. The van der Waals surface area contributed by atoms with E-state index in [2.05, 4.69) is 15.0 Å². The second-order valence-electron chi connectivity index (χ2n) is 5.19. The Morgan fingerprint density at radius 1 is 1.33 bits per heavy atom. The van der Waals surface area contributed by atoms with E-state index in [4.69, 9.17) is 0 Å². The predicted molar refractivity (Wildman–Crippen MR) is 86.9 cm³/mol. The molecule has 0 atom stereocenters. The molecular weight excluding hydrogens is 306 g/mol. The number of nitrogens with one attached hydrogen (secondary N) is 2. The SMILES string of the molecule is CCNCc1ccc(S(=O)(=O)NCC2CCSCC2)nc1. The van der Waals surface area contributed by atoms with Crippen molar-refractivity contribution < 1.29 is 8.42 Å². The smallest absolute Gasteiger partial charge is 0.258 e. The van der Waals surface area contributed by atoms with Gasteiger partial charge < -0.3 is 5.32 Å².